The Balaban J connectivity index is 1.71. The van der Waals surface area contributed by atoms with Crippen LogP contribution in [0.2, 0.25) is 0 Å². The Morgan fingerprint density at radius 2 is 2.05 bits per heavy atom. The second kappa shape index (κ2) is 7.36. The van der Waals surface area contributed by atoms with E-state index in [1.54, 1.807) is 6.07 Å². The molecule has 1 aromatic heterocycles. The normalized spacial score (nSPS) is 12.6. The molecule has 0 spiro atoms. The summed E-state index contributed by atoms with van der Waals surface area (Å²) in [6, 6.07) is 9.34. The molecule has 1 aromatic carbocycles. The fourth-order valence-electron chi connectivity index (χ4n) is 2.54. The van der Waals surface area contributed by atoms with E-state index in [4.69, 9.17) is 0 Å². The highest BCUT2D eigenvalue weighted by molar-refractivity contribution is 5.18. The third-order valence-corrected chi connectivity index (χ3v) is 3.63. The number of nitrogens with one attached hydrogen (secondary N) is 1. The van der Waals surface area contributed by atoms with Crippen molar-refractivity contribution in [3.63, 3.8) is 0 Å². The van der Waals surface area contributed by atoms with Crippen LogP contribution in [0, 0.1) is 19.7 Å². The van der Waals surface area contributed by atoms with E-state index < -0.39 is 0 Å². The number of nitrogens with zero attached hydrogens (tertiary/aromatic N) is 2. The molecule has 0 aliphatic heterocycles. The number of benzene rings is 1. The first-order chi connectivity index (χ1) is 10.1. The summed E-state index contributed by atoms with van der Waals surface area (Å²) in [7, 11) is 0. The van der Waals surface area contributed by atoms with Gasteiger partial charge in [-0.3, -0.25) is 4.68 Å². The highest BCUT2D eigenvalue weighted by Gasteiger charge is 2.07. The van der Waals surface area contributed by atoms with Crippen LogP contribution >= 0.6 is 0 Å². The van der Waals surface area contributed by atoms with Crippen molar-refractivity contribution < 1.29 is 4.39 Å². The minimum Gasteiger partial charge on any atom is -0.314 e. The van der Waals surface area contributed by atoms with Gasteiger partial charge in [0, 0.05) is 18.3 Å². The average Bonchev–Trinajstić information content (AvgIpc) is 2.76. The minimum atomic E-state index is -0.117. The zero-order chi connectivity index (χ0) is 15.2. The number of rotatable bonds is 7. The van der Waals surface area contributed by atoms with Crippen LogP contribution in [0.3, 0.4) is 0 Å². The van der Waals surface area contributed by atoms with Gasteiger partial charge in [0.25, 0.3) is 0 Å². The summed E-state index contributed by atoms with van der Waals surface area (Å²) in [6.45, 7) is 8.01. The molecule has 0 saturated carbocycles. The molecule has 2 aromatic rings. The fourth-order valence-corrected chi connectivity index (χ4v) is 2.54. The summed E-state index contributed by atoms with van der Waals surface area (Å²) in [5.41, 5.74) is 3.04. The number of aromatic nitrogens is 2. The first-order valence-electron chi connectivity index (χ1n) is 7.54. The van der Waals surface area contributed by atoms with Crippen LogP contribution in [0.25, 0.3) is 0 Å². The quantitative estimate of drug-likeness (QED) is 0.793. The van der Waals surface area contributed by atoms with E-state index in [0.717, 1.165) is 30.8 Å². The van der Waals surface area contributed by atoms with Crippen LogP contribution in [0.1, 0.15) is 30.3 Å². The van der Waals surface area contributed by atoms with Crippen LogP contribution in [-0.2, 0) is 13.0 Å². The van der Waals surface area contributed by atoms with Crippen molar-refractivity contribution in [2.45, 2.75) is 46.2 Å². The minimum absolute atomic E-state index is 0.117. The zero-order valence-corrected chi connectivity index (χ0v) is 13.1. The molecule has 21 heavy (non-hydrogen) atoms. The summed E-state index contributed by atoms with van der Waals surface area (Å²) >= 11 is 0. The van der Waals surface area contributed by atoms with Crippen LogP contribution in [0.4, 0.5) is 4.39 Å². The second-order valence-corrected chi connectivity index (χ2v) is 5.65. The molecule has 1 N–H and O–H groups in total. The van der Waals surface area contributed by atoms with Gasteiger partial charge in [-0.2, -0.15) is 5.10 Å². The molecule has 1 unspecified atom stereocenters. The Morgan fingerprint density at radius 3 is 2.71 bits per heavy atom. The smallest absolute Gasteiger partial charge is 0.126 e. The third-order valence-electron chi connectivity index (χ3n) is 3.63. The molecule has 4 heteroatoms. The lowest BCUT2D eigenvalue weighted by Crippen LogP contribution is -2.30. The second-order valence-electron chi connectivity index (χ2n) is 5.65. The van der Waals surface area contributed by atoms with Gasteiger partial charge < -0.3 is 5.32 Å². The van der Waals surface area contributed by atoms with Gasteiger partial charge in [0.15, 0.2) is 0 Å². The standard InChI is InChI=1S/C17H24FN3/c1-13(12-16-7-4-5-8-17(16)18)19-9-6-10-21-15(3)11-14(2)20-21/h4-5,7-8,11,13,19H,6,9-10,12H2,1-3H3. The van der Waals surface area contributed by atoms with Gasteiger partial charge >= 0.3 is 0 Å². The molecule has 114 valence electrons. The maximum atomic E-state index is 13.6. The van der Waals surface area contributed by atoms with Crippen molar-refractivity contribution in [3.8, 4) is 0 Å². The largest absolute Gasteiger partial charge is 0.314 e. The molecular weight excluding hydrogens is 265 g/mol. The zero-order valence-electron chi connectivity index (χ0n) is 13.1. The van der Waals surface area contributed by atoms with Gasteiger partial charge in [0.2, 0.25) is 0 Å². The monoisotopic (exact) mass is 289 g/mol. The summed E-state index contributed by atoms with van der Waals surface area (Å²) in [6.07, 6.45) is 1.73. The van der Waals surface area contributed by atoms with Gasteiger partial charge in [0.05, 0.1) is 5.69 Å². The molecule has 0 fully saturated rings. The van der Waals surface area contributed by atoms with E-state index in [1.165, 1.54) is 11.8 Å². The molecule has 0 bridgehead atoms. The van der Waals surface area contributed by atoms with Crippen molar-refractivity contribution >= 4 is 0 Å². The van der Waals surface area contributed by atoms with Crippen molar-refractivity contribution in [2.24, 2.45) is 0 Å². The topological polar surface area (TPSA) is 29.9 Å². The molecule has 1 atom stereocenters. The summed E-state index contributed by atoms with van der Waals surface area (Å²) in [4.78, 5) is 0. The van der Waals surface area contributed by atoms with E-state index in [-0.39, 0.29) is 11.9 Å². The molecule has 0 saturated heterocycles. The van der Waals surface area contributed by atoms with Crippen molar-refractivity contribution in [1.82, 2.24) is 15.1 Å². The van der Waals surface area contributed by atoms with Crippen LogP contribution in [0.15, 0.2) is 30.3 Å². The molecule has 0 amide bonds. The van der Waals surface area contributed by atoms with Crippen LogP contribution in [0.5, 0.6) is 0 Å². The van der Waals surface area contributed by atoms with Crippen molar-refractivity contribution in [2.75, 3.05) is 6.54 Å². The lowest BCUT2D eigenvalue weighted by atomic mass is 10.1. The van der Waals surface area contributed by atoms with Gasteiger partial charge in [-0.25, -0.2) is 4.39 Å². The molecule has 1 heterocycles. The lowest BCUT2D eigenvalue weighted by Gasteiger charge is -2.14. The van der Waals surface area contributed by atoms with Crippen LogP contribution in [-0.4, -0.2) is 22.4 Å². The van der Waals surface area contributed by atoms with Gasteiger partial charge in [0.1, 0.15) is 5.82 Å². The van der Waals surface area contributed by atoms with Crippen molar-refractivity contribution in [1.29, 1.82) is 0 Å². The van der Waals surface area contributed by atoms with E-state index in [1.807, 2.05) is 23.7 Å². The highest BCUT2D eigenvalue weighted by atomic mass is 19.1. The van der Waals surface area contributed by atoms with Crippen LogP contribution < -0.4 is 5.32 Å². The van der Waals surface area contributed by atoms with E-state index in [9.17, 15) is 4.39 Å². The Hall–Kier alpha value is -1.68. The maximum absolute atomic E-state index is 13.6. The number of hydrogen-bond donors (Lipinski definition) is 1. The summed E-state index contributed by atoms with van der Waals surface area (Å²) < 4.78 is 15.6. The SMILES string of the molecule is Cc1cc(C)n(CCCNC(C)Cc2ccccc2F)n1. The fraction of sp³-hybridized carbons (Fsp3) is 0.471. The van der Waals surface area contributed by atoms with E-state index >= 15 is 0 Å². The number of aryl methyl sites for hydroxylation is 3. The summed E-state index contributed by atoms with van der Waals surface area (Å²) in [5.74, 6) is -0.117. The van der Waals surface area contributed by atoms with E-state index in [0.29, 0.717) is 6.42 Å². The predicted octanol–water partition coefficient (Wildman–Crippen LogP) is 3.25. The first-order valence-corrected chi connectivity index (χ1v) is 7.54. The maximum Gasteiger partial charge on any atom is 0.126 e. The molecular formula is C17H24FN3. The van der Waals surface area contributed by atoms with Crippen molar-refractivity contribution in [3.05, 3.63) is 53.1 Å². The average molecular weight is 289 g/mol. The Morgan fingerprint density at radius 1 is 1.29 bits per heavy atom. The van der Waals surface area contributed by atoms with Gasteiger partial charge in [-0.05, 0) is 57.9 Å². The predicted molar refractivity (Wildman–Crippen MR) is 83.9 cm³/mol. The summed E-state index contributed by atoms with van der Waals surface area (Å²) in [5, 5.41) is 7.89. The molecule has 0 radical (unpaired) electrons. The first kappa shape index (κ1) is 15.7. The van der Waals surface area contributed by atoms with Gasteiger partial charge in [-0.15, -0.1) is 0 Å². The number of hydrogen-bond acceptors (Lipinski definition) is 2. The van der Waals surface area contributed by atoms with E-state index in [2.05, 4.69) is 30.3 Å². The molecule has 0 aliphatic rings. The third kappa shape index (κ3) is 4.67. The Kier molecular flexibility index (Phi) is 5.51. The Bertz CT molecular complexity index is 577. The Labute approximate surface area is 126 Å². The lowest BCUT2D eigenvalue weighted by molar-refractivity contribution is 0.483. The molecule has 2 rings (SSSR count). The molecule has 3 nitrogen and oxygen atoms in total. The molecule has 0 aliphatic carbocycles. The number of halogens is 1. The van der Waals surface area contributed by atoms with Gasteiger partial charge in [-0.1, -0.05) is 18.2 Å². The highest BCUT2D eigenvalue weighted by Crippen LogP contribution is 2.09.